The van der Waals surface area contributed by atoms with Crippen LogP contribution in [0.2, 0.25) is 5.02 Å². The molecule has 1 aliphatic rings. The summed E-state index contributed by atoms with van der Waals surface area (Å²) in [7, 11) is 0. The number of nitrogen functional groups attached to an aromatic ring is 1. The maximum Gasteiger partial charge on any atom is 0.274 e. The van der Waals surface area contributed by atoms with Crippen LogP contribution in [0, 0.1) is 5.92 Å². The fraction of sp³-hybridized carbons (Fsp3) is 0.538. The zero-order chi connectivity index (χ0) is 13.3. The summed E-state index contributed by atoms with van der Waals surface area (Å²) < 4.78 is 0. The fourth-order valence-electron chi connectivity index (χ4n) is 1.85. The van der Waals surface area contributed by atoms with Gasteiger partial charge in [-0.1, -0.05) is 11.6 Å². The van der Waals surface area contributed by atoms with Crippen molar-refractivity contribution in [3.63, 3.8) is 0 Å². The van der Waals surface area contributed by atoms with Gasteiger partial charge < -0.3 is 10.6 Å². The second-order valence-electron chi connectivity index (χ2n) is 5.06. The van der Waals surface area contributed by atoms with Crippen LogP contribution in [-0.4, -0.2) is 28.4 Å². The molecule has 1 saturated carbocycles. The number of pyridine rings is 1. The van der Waals surface area contributed by atoms with E-state index in [0.717, 1.165) is 6.54 Å². The van der Waals surface area contributed by atoms with Gasteiger partial charge in [0.15, 0.2) is 0 Å². The molecule has 0 spiro atoms. The van der Waals surface area contributed by atoms with Gasteiger partial charge in [-0.25, -0.2) is 4.98 Å². The van der Waals surface area contributed by atoms with Crippen molar-refractivity contribution in [3.05, 3.63) is 22.8 Å². The second-order valence-corrected chi connectivity index (χ2v) is 5.47. The van der Waals surface area contributed by atoms with Gasteiger partial charge >= 0.3 is 0 Å². The third-order valence-corrected chi connectivity index (χ3v) is 3.41. The smallest absolute Gasteiger partial charge is 0.274 e. The van der Waals surface area contributed by atoms with E-state index >= 15 is 0 Å². The highest BCUT2D eigenvalue weighted by atomic mass is 35.5. The Labute approximate surface area is 112 Å². The van der Waals surface area contributed by atoms with E-state index in [-0.39, 0.29) is 17.6 Å². The number of nitrogens with two attached hydrogens (primary N) is 1. The number of halogens is 1. The van der Waals surface area contributed by atoms with Gasteiger partial charge in [-0.2, -0.15) is 0 Å². The summed E-state index contributed by atoms with van der Waals surface area (Å²) in [5, 5.41) is 0.357. The van der Waals surface area contributed by atoms with Crippen LogP contribution in [0.4, 0.5) is 5.82 Å². The van der Waals surface area contributed by atoms with Crippen molar-refractivity contribution in [2.45, 2.75) is 32.7 Å². The molecule has 98 valence electrons. The van der Waals surface area contributed by atoms with E-state index in [1.54, 1.807) is 12.1 Å². The Morgan fingerprint density at radius 2 is 2.22 bits per heavy atom. The number of rotatable bonds is 4. The minimum atomic E-state index is -0.130. The van der Waals surface area contributed by atoms with Crippen molar-refractivity contribution >= 4 is 23.3 Å². The number of carbonyl (C=O) groups is 1. The van der Waals surface area contributed by atoms with Crippen LogP contribution in [-0.2, 0) is 0 Å². The molecular weight excluding hydrogens is 250 g/mol. The number of anilines is 1. The molecule has 0 aliphatic heterocycles. The van der Waals surface area contributed by atoms with E-state index in [0.29, 0.717) is 16.8 Å². The lowest BCUT2D eigenvalue weighted by Gasteiger charge is -2.26. The minimum absolute atomic E-state index is 0.130. The summed E-state index contributed by atoms with van der Waals surface area (Å²) >= 11 is 6.03. The Hall–Kier alpha value is -1.29. The van der Waals surface area contributed by atoms with E-state index in [9.17, 15) is 4.79 Å². The molecule has 1 aromatic rings. The molecular formula is C13H18ClN3O. The van der Waals surface area contributed by atoms with Crippen molar-refractivity contribution in [2.75, 3.05) is 12.3 Å². The number of amides is 1. The minimum Gasteiger partial charge on any atom is -0.384 e. The Balaban J connectivity index is 2.23. The summed E-state index contributed by atoms with van der Waals surface area (Å²) in [5.41, 5.74) is 5.87. The molecule has 4 nitrogen and oxygen atoms in total. The highest BCUT2D eigenvalue weighted by Crippen LogP contribution is 2.31. The van der Waals surface area contributed by atoms with Crippen LogP contribution in [0.15, 0.2) is 12.1 Å². The lowest BCUT2D eigenvalue weighted by atomic mass is 10.2. The van der Waals surface area contributed by atoms with Gasteiger partial charge in [0.05, 0.1) is 5.02 Å². The molecule has 0 radical (unpaired) electrons. The first kappa shape index (κ1) is 13.1. The lowest BCUT2D eigenvalue weighted by molar-refractivity contribution is 0.0690. The summed E-state index contributed by atoms with van der Waals surface area (Å²) in [6.45, 7) is 4.78. The molecule has 1 amide bonds. The van der Waals surface area contributed by atoms with Crippen molar-refractivity contribution in [3.8, 4) is 0 Å². The van der Waals surface area contributed by atoms with E-state index in [2.05, 4.69) is 4.98 Å². The molecule has 0 atom stereocenters. The van der Waals surface area contributed by atoms with Crippen LogP contribution in [0.1, 0.15) is 37.2 Å². The molecule has 1 aromatic heterocycles. The van der Waals surface area contributed by atoms with Gasteiger partial charge in [-0.05, 0) is 44.7 Å². The van der Waals surface area contributed by atoms with Gasteiger partial charge in [-0.3, -0.25) is 4.79 Å². The molecule has 5 heteroatoms. The number of hydrogen-bond donors (Lipinski definition) is 1. The first-order valence-electron chi connectivity index (χ1n) is 6.22. The van der Waals surface area contributed by atoms with Gasteiger partial charge in [0, 0.05) is 12.6 Å². The second kappa shape index (κ2) is 5.14. The van der Waals surface area contributed by atoms with E-state index in [4.69, 9.17) is 17.3 Å². The number of aromatic nitrogens is 1. The fourth-order valence-corrected chi connectivity index (χ4v) is 2.04. The SMILES string of the molecule is CC(C)N(CC1CC1)C(=O)c1nc(N)ccc1Cl. The standard InChI is InChI=1S/C13H18ClN3O/c1-8(2)17(7-9-3-4-9)13(18)12-10(14)5-6-11(15)16-12/h5-6,8-9H,3-4,7H2,1-2H3,(H2,15,16). The quantitative estimate of drug-likeness (QED) is 0.912. The van der Waals surface area contributed by atoms with Crippen LogP contribution in [0.3, 0.4) is 0 Å². The van der Waals surface area contributed by atoms with Crippen molar-refractivity contribution in [1.82, 2.24) is 9.88 Å². The molecule has 2 rings (SSSR count). The Morgan fingerprint density at radius 3 is 2.78 bits per heavy atom. The first-order valence-corrected chi connectivity index (χ1v) is 6.60. The molecule has 2 N–H and O–H groups in total. The summed E-state index contributed by atoms with van der Waals surface area (Å²) in [4.78, 5) is 18.3. The van der Waals surface area contributed by atoms with Gasteiger partial charge in [0.2, 0.25) is 0 Å². The third kappa shape index (κ3) is 2.93. The van der Waals surface area contributed by atoms with Gasteiger partial charge in [0.1, 0.15) is 11.5 Å². The summed E-state index contributed by atoms with van der Waals surface area (Å²) in [6, 6.07) is 3.35. The molecule has 18 heavy (non-hydrogen) atoms. The molecule has 0 unspecified atom stereocenters. The van der Waals surface area contributed by atoms with Crippen LogP contribution >= 0.6 is 11.6 Å². The van der Waals surface area contributed by atoms with Crippen molar-refractivity contribution in [2.24, 2.45) is 5.92 Å². The van der Waals surface area contributed by atoms with E-state index in [1.165, 1.54) is 12.8 Å². The molecule has 1 aliphatic carbocycles. The highest BCUT2D eigenvalue weighted by molar-refractivity contribution is 6.33. The Bertz CT molecular complexity index is 458. The normalized spacial score (nSPS) is 14.9. The van der Waals surface area contributed by atoms with Crippen molar-refractivity contribution in [1.29, 1.82) is 0 Å². The Morgan fingerprint density at radius 1 is 1.56 bits per heavy atom. The van der Waals surface area contributed by atoms with E-state index < -0.39 is 0 Å². The Kier molecular flexibility index (Phi) is 3.76. The maximum absolute atomic E-state index is 12.4. The molecule has 0 bridgehead atoms. The topological polar surface area (TPSA) is 59.2 Å². The van der Waals surface area contributed by atoms with Gasteiger partial charge in [-0.15, -0.1) is 0 Å². The summed E-state index contributed by atoms with van der Waals surface area (Å²) in [5.74, 6) is 0.822. The monoisotopic (exact) mass is 267 g/mol. The zero-order valence-electron chi connectivity index (χ0n) is 10.7. The molecule has 1 fully saturated rings. The third-order valence-electron chi connectivity index (χ3n) is 3.11. The highest BCUT2D eigenvalue weighted by Gasteiger charge is 2.30. The van der Waals surface area contributed by atoms with Crippen LogP contribution in [0.5, 0.6) is 0 Å². The molecule has 1 heterocycles. The van der Waals surface area contributed by atoms with Crippen molar-refractivity contribution < 1.29 is 4.79 Å². The predicted molar refractivity (Wildman–Crippen MR) is 72.6 cm³/mol. The van der Waals surface area contributed by atoms with Crippen LogP contribution in [0.25, 0.3) is 0 Å². The predicted octanol–water partition coefficient (Wildman–Crippen LogP) is 2.58. The summed E-state index contributed by atoms with van der Waals surface area (Å²) in [6.07, 6.45) is 2.41. The van der Waals surface area contributed by atoms with Crippen LogP contribution < -0.4 is 5.73 Å². The average molecular weight is 268 g/mol. The maximum atomic E-state index is 12.4. The lowest BCUT2D eigenvalue weighted by Crippen LogP contribution is -2.39. The number of carbonyl (C=O) groups excluding carboxylic acids is 1. The number of hydrogen-bond acceptors (Lipinski definition) is 3. The number of nitrogens with zero attached hydrogens (tertiary/aromatic N) is 2. The largest absolute Gasteiger partial charge is 0.384 e. The average Bonchev–Trinajstić information content (AvgIpc) is 3.12. The zero-order valence-corrected chi connectivity index (χ0v) is 11.4. The first-order chi connectivity index (χ1) is 8.49. The van der Waals surface area contributed by atoms with E-state index in [1.807, 2.05) is 18.7 Å². The van der Waals surface area contributed by atoms with Gasteiger partial charge in [0.25, 0.3) is 5.91 Å². The molecule has 0 aromatic carbocycles. The molecule has 0 saturated heterocycles.